The van der Waals surface area contributed by atoms with Crippen LogP contribution in [0.25, 0.3) is 0 Å². The van der Waals surface area contributed by atoms with Crippen LogP contribution in [-0.4, -0.2) is 8.42 Å². The van der Waals surface area contributed by atoms with E-state index in [1.54, 1.807) is 30.3 Å². The Labute approximate surface area is 102 Å². The molecule has 0 unspecified atom stereocenters. The standard InChI is InChI=1S/C14H14O2S/c1-11-6-5-8-13(10-11)17(15,16)14-9-4-3-7-12(14)2/h3-10H,1-2H3. The minimum Gasteiger partial charge on any atom is -0.219 e. The van der Waals surface area contributed by atoms with Crippen LogP contribution >= 0.6 is 0 Å². The molecule has 0 amide bonds. The second-order valence-corrected chi connectivity index (χ2v) is 6.00. The van der Waals surface area contributed by atoms with Crippen LogP contribution < -0.4 is 0 Å². The molecule has 2 aromatic rings. The number of aryl methyl sites for hydroxylation is 2. The van der Waals surface area contributed by atoms with E-state index in [0.29, 0.717) is 9.79 Å². The summed E-state index contributed by atoms with van der Waals surface area (Å²) < 4.78 is 24.8. The van der Waals surface area contributed by atoms with Gasteiger partial charge in [-0.25, -0.2) is 8.42 Å². The molecule has 0 aromatic heterocycles. The van der Waals surface area contributed by atoms with E-state index < -0.39 is 9.84 Å². The lowest BCUT2D eigenvalue weighted by atomic mass is 10.2. The molecule has 17 heavy (non-hydrogen) atoms. The zero-order valence-electron chi connectivity index (χ0n) is 9.84. The molecule has 0 aliphatic carbocycles. The van der Waals surface area contributed by atoms with Crippen molar-refractivity contribution in [2.24, 2.45) is 0 Å². The summed E-state index contributed by atoms with van der Waals surface area (Å²) in [6, 6.07) is 14.0. The molecule has 0 aliphatic rings. The molecular weight excluding hydrogens is 232 g/mol. The number of sulfone groups is 1. The second kappa shape index (κ2) is 4.34. The Kier molecular flexibility index (Phi) is 3.03. The summed E-state index contributed by atoms with van der Waals surface area (Å²) in [7, 11) is -3.39. The van der Waals surface area contributed by atoms with Gasteiger partial charge in [-0.2, -0.15) is 0 Å². The van der Waals surface area contributed by atoms with Gasteiger partial charge in [0.05, 0.1) is 9.79 Å². The molecule has 0 bridgehead atoms. The van der Waals surface area contributed by atoms with Crippen molar-refractivity contribution in [3.8, 4) is 0 Å². The third-order valence-electron chi connectivity index (χ3n) is 2.68. The van der Waals surface area contributed by atoms with E-state index in [2.05, 4.69) is 0 Å². The molecule has 0 aliphatic heterocycles. The maximum atomic E-state index is 12.4. The van der Waals surface area contributed by atoms with Crippen LogP contribution in [0.15, 0.2) is 58.3 Å². The predicted molar refractivity (Wildman–Crippen MR) is 67.8 cm³/mol. The summed E-state index contributed by atoms with van der Waals surface area (Å²) in [5, 5.41) is 0. The Bertz CT molecular complexity index is 643. The molecule has 2 rings (SSSR count). The molecule has 2 aromatic carbocycles. The van der Waals surface area contributed by atoms with E-state index in [1.807, 2.05) is 32.0 Å². The number of benzene rings is 2. The third kappa shape index (κ3) is 2.24. The van der Waals surface area contributed by atoms with Gasteiger partial charge in [0.2, 0.25) is 9.84 Å². The van der Waals surface area contributed by atoms with Gasteiger partial charge < -0.3 is 0 Å². The third-order valence-corrected chi connectivity index (χ3v) is 4.59. The number of hydrogen-bond acceptors (Lipinski definition) is 2. The van der Waals surface area contributed by atoms with Gasteiger partial charge in [0.1, 0.15) is 0 Å². The Balaban J connectivity index is 2.63. The highest BCUT2D eigenvalue weighted by Crippen LogP contribution is 2.23. The Morgan fingerprint density at radius 3 is 2.24 bits per heavy atom. The lowest BCUT2D eigenvalue weighted by Crippen LogP contribution is -2.04. The van der Waals surface area contributed by atoms with E-state index in [4.69, 9.17) is 0 Å². The van der Waals surface area contributed by atoms with E-state index in [9.17, 15) is 8.42 Å². The van der Waals surface area contributed by atoms with Crippen molar-refractivity contribution in [1.29, 1.82) is 0 Å². The van der Waals surface area contributed by atoms with Gasteiger partial charge in [-0.15, -0.1) is 0 Å². The van der Waals surface area contributed by atoms with Crippen LogP contribution in [0.3, 0.4) is 0 Å². The first-order valence-electron chi connectivity index (χ1n) is 5.39. The number of hydrogen-bond donors (Lipinski definition) is 0. The van der Waals surface area contributed by atoms with Gasteiger partial charge in [0.25, 0.3) is 0 Å². The van der Waals surface area contributed by atoms with Crippen molar-refractivity contribution < 1.29 is 8.42 Å². The quantitative estimate of drug-likeness (QED) is 0.815. The Morgan fingerprint density at radius 1 is 0.882 bits per heavy atom. The summed E-state index contributed by atoms with van der Waals surface area (Å²) in [4.78, 5) is 0.734. The first-order valence-corrected chi connectivity index (χ1v) is 6.87. The minimum atomic E-state index is -3.39. The van der Waals surface area contributed by atoms with Crippen LogP contribution in [-0.2, 0) is 9.84 Å². The molecule has 3 heteroatoms. The fourth-order valence-electron chi connectivity index (χ4n) is 1.77. The Morgan fingerprint density at radius 2 is 1.59 bits per heavy atom. The molecule has 88 valence electrons. The highest BCUT2D eigenvalue weighted by molar-refractivity contribution is 7.91. The molecule has 0 N–H and O–H groups in total. The maximum absolute atomic E-state index is 12.4. The van der Waals surface area contributed by atoms with Crippen molar-refractivity contribution >= 4 is 9.84 Å². The average molecular weight is 246 g/mol. The lowest BCUT2D eigenvalue weighted by Gasteiger charge is -2.07. The van der Waals surface area contributed by atoms with Crippen LogP contribution in [0.1, 0.15) is 11.1 Å². The molecule has 0 radical (unpaired) electrons. The molecule has 0 saturated carbocycles. The van der Waals surface area contributed by atoms with Crippen molar-refractivity contribution in [3.05, 3.63) is 59.7 Å². The average Bonchev–Trinajstić information content (AvgIpc) is 2.29. The van der Waals surface area contributed by atoms with E-state index in [-0.39, 0.29) is 0 Å². The summed E-state index contributed by atoms with van der Waals surface area (Å²) in [6.45, 7) is 3.69. The Hall–Kier alpha value is -1.61. The van der Waals surface area contributed by atoms with Gasteiger partial charge in [-0.05, 0) is 43.2 Å². The van der Waals surface area contributed by atoms with Crippen LogP contribution in [0.4, 0.5) is 0 Å². The van der Waals surface area contributed by atoms with E-state index in [1.165, 1.54) is 0 Å². The van der Waals surface area contributed by atoms with E-state index >= 15 is 0 Å². The minimum absolute atomic E-state index is 0.354. The summed E-state index contributed by atoms with van der Waals surface area (Å²) in [5.74, 6) is 0. The lowest BCUT2D eigenvalue weighted by molar-refractivity contribution is 0.595. The fourth-order valence-corrected chi connectivity index (χ4v) is 3.37. The van der Waals surface area contributed by atoms with Crippen LogP contribution in [0.2, 0.25) is 0 Å². The zero-order chi connectivity index (χ0) is 12.5. The summed E-state index contributed by atoms with van der Waals surface area (Å²) in [5.41, 5.74) is 1.72. The van der Waals surface area contributed by atoms with Crippen molar-refractivity contribution in [2.75, 3.05) is 0 Å². The molecule has 2 nitrogen and oxygen atoms in total. The maximum Gasteiger partial charge on any atom is 0.206 e. The van der Waals surface area contributed by atoms with Crippen molar-refractivity contribution in [2.45, 2.75) is 23.6 Å². The highest BCUT2D eigenvalue weighted by atomic mass is 32.2. The summed E-state index contributed by atoms with van der Waals surface area (Å²) in [6.07, 6.45) is 0. The largest absolute Gasteiger partial charge is 0.219 e. The molecule has 0 fully saturated rings. The first kappa shape index (κ1) is 11.9. The van der Waals surface area contributed by atoms with Gasteiger partial charge in [0, 0.05) is 0 Å². The molecule has 0 spiro atoms. The molecule has 0 heterocycles. The van der Waals surface area contributed by atoms with Crippen LogP contribution in [0, 0.1) is 13.8 Å². The van der Waals surface area contributed by atoms with Crippen molar-refractivity contribution in [1.82, 2.24) is 0 Å². The zero-order valence-corrected chi connectivity index (χ0v) is 10.7. The highest BCUT2D eigenvalue weighted by Gasteiger charge is 2.19. The predicted octanol–water partition coefficient (Wildman–Crippen LogP) is 3.14. The second-order valence-electron chi connectivity index (χ2n) is 4.09. The van der Waals surface area contributed by atoms with Gasteiger partial charge in [-0.1, -0.05) is 30.3 Å². The first-order chi connectivity index (χ1) is 8.01. The van der Waals surface area contributed by atoms with Gasteiger partial charge in [-0.3, -0.25) is 0 Å². The van der Waals surface area contributed by atoms with Crippen molar-refractivity contribution in [3.63, 3.8) is 0 Å². The molecule has 0 saturated heterocycles. The molecular formula is C14H14O2S. The fraction of sp³-hybridized carbons (Fsp3) is 0.143. The topological polar surface area (TPSA) is 34.1 Å². The number of rotatable bonds is 2. The summed E-state index contributed by atoms with van der Waals surface area (Å²) >= 11 is 0. The van der Waals surface area contributed by atoms with E-state index in [0.717, 1.165) is 11.1 Å². The SMILES string of the molecule is Cc1cccc(S(=O)(=O)c2ccccc2C)c1. The molecule has 0 atom stereocenters. The normalized spacial score (nSPS) is 11.4. The van der Waals surface area contributed by atoms with Gasteiger partial charge in [0.15, 0.2) is 0 Å². The smallest absolute Gasteiger partial charge is 0.206 e. The van der Waals surface area contributed by atoms with Crippen LogP contribution in [0.5, 0.6) is 0 Å². The monoisotopic (exact) mass is 246 g/mol. The van der Waals surface area contributed by atoms with Gasteiger partial charge >= 0.3 is 0 Å².